The van der Waals surface area contributed by atoms with Crippen LogP contribution in [-0.2, 0) is 0 Å². The first kappa shape index (κ1) is 9.09. The van der Waals surface area contributed by atoms with Gasteiger partial charge in [-0.3, -0.25) is 4.90 Å². The third-order valence-corrected chi connectivity index (χ3v) is 3.66. The Labute approximate surface area is 81.5 Å². The van der Waals surface area contributed by atoms with Crippen molar-refractivity contribution in [2.24, 2.45) is 5.41 Å². The zero-order valence-electron chi connectivity index (χ0n) is 8.60. The molecule has 1 nitrogen and oxygen atoms in total. The number of hydrogen-bond acceptors (Lipinski definition) is 1. The lowest BCUT2D eigenvalue weighted by molar-refractivity contribution is 0.278. The maximum Gasteiger partial charge on any atom is 0.0601 e. The lowest BCUT2D eigenvalue weighted by atomic mass is 9.86. The van der Waals surface area contributed by atoms with E-state index in [0.717, 1.165) is 12.0 Å². The van der Waals surface area contributed by atoms with Gasteiger partial charge in [-0.05, 0) is 38.1 Å². The van der Waals surface area contributed by atoms with Crippen LogP contribution in [0.3, 0.4) is 0 Å². The normalized spacial score (nSPS) is 26.2. The third-order valence-electron chi connectivity index (χ3n) is 3.66. The Kier molecular flexibility index (Phi) is 2.60. The highest BCUT2D eigenvalue weighted by Crippen LogP contribution is 2.44. The van der Waals surface area contributed by atoms with Crippen molar-refractivity contribution in [3.05, 3.63) is 0 Å². The predicted octanol–water partition coefficient (Wildman–Crippen LogP) is 2.28. The van der Waals surface area contributed by atoms with Gasteiger partial charge in [0.05, 0.1) is 6.54 Å². The van der Waals surface area contributed by atoms with E-state index in [1.165, 1.54) is 45.2 Å². The Bertz CT molecular complexity index is 227. The predicted molar refractivity (Wildman–Crippen MR) is 55.4 cm³/mol. The quantitative estimate of drug-likeness (QED) is 0.555. The Morgan fingerprint density at radius 2 is 2.00 bits per heavy atom. The zero-order chi connectivity index (χ0) is 9.15. The van der Waals surface area contributed by atoms with Crippen LogP contribution in [0, 0.1) is 17.3 Å². The van der Waals surface area contributed by atoms with Crippen LogP contribution in [-0.4, -0.2) is 24.5 Å². The highest BCUT2D eigenvalue weighted by molar-refractivity contribution is 5.01. The molecule has 2 rings (SSSR count). The maximum absolute atomic E-state index is 3.17. The zero-order valence-corrected chi connectivity index (χ0v) is 8.60. The largest absolute Gasteiger partial charge is 0.292 e. The molecule has 0 amide bonds. The molecule has 1 spiro atoms. The Morgan fingerprint density at radius 1 is 1.23 bits per heavy atom. The molecule has 0 aromatic rings. The minimum Gasteiger partial charge on any atom is -0.292 e. The molecule has 72 valence electrons. The lowest BCUT2D eigenvalue weighted by Gasteiger charge is -2.22. The van der Waals surface area contributed by atoms with Crippen molar-refractivity contribution < 1.29 is 0 Å². The van der Waals surface area contributed by atoms with E-state index in [9.17, 15) is 0 Å². The summed E-state index contributed by atoms with van der Waals surface area (Å²) in [5.74, 6) is 6.15. The molecule has 0 unspecified atom stereocenters. The molecule has 1 aliphatic heterocycles. The minimum atomic E-state index is 0.718. The summed E-state index contributed by atoms with van der Waals surface area (Å²) in [6, 6.07) is 0. The number of hydrogen-bond donors (Lipinski definition) is 0. The summed E-state index contributed by atoms with van der Waals surface area (Å²) in [6.45, 7) is 5.54. The van der Waals surface area contributed by atoms with Crippen LogP contribution in [0.2, 0.25) is 0 Å². The molecular formula is C12H19N. The van der Waals surface area contributed by atoms with Crippen molar-refractivity contribution in [3.63, 3.8) is 0 Å². The molecule has 1 saturated heterocycles. The first-order chi connectivity index (χ1) is 6.35. The number of nitrogens with zero attached hydrogens (tertiary/aromatic N) is 1. The van der Waals surface area contributed by atoms with Gasteiger partial charge < -0.3 is 0 Å². The van der Waals surface area contributed by atoms with Crippen molar-refractivity contribution in [3.8, 4) is 11.8 Å². The molecule has 0 atom stereocenters. The fraction of sp³-hybridized carbons (Fsp3) is 0.833. The van der Waals surface area contributed by atoms with Gasteiger partial charge in [-0.2, -0.15) is 0 Å². The molecule has 1 heteroatoms. The summed E-state index contributed by atoms with van der Waals surface area (Å²) >= 11 is 0. The first-order valence-corrected chi connectivity index (χ1v) is 5.47. The standard InChI is InChI=1S/C12H19N/c1-2-3-9-13-10-8-12(11-13)6-4-5-7-12/h4-11H2,1H3. The summed E-state index contributed by atoms with van der Waals surface area (Å²) in [6.07, 6.45) is 7.31. The van der Waals surface area contributed by atoms with E-state index in [-0.39, 0.29) is 0 Å². The molecule has 0 N–H and O–H groups in total. The van der Waals surface area contributed by atoms with Crippen molar-refractivity contribution in [2.45, 2.75) is 39.0 Å². The average molecular weight is 177 g/mol. The minimum absolute atomic E-state index is 0.718. The van der Waals surface area contributed by atoms with Gasteiger partial charge in [0.1, 0.15) is 0 Å². The topological polar surface area (TPSA) is 3.24 Å². The van der Waals surface area contributed by atoms with E-state index in [1.54, 1.807) is 0 Å². The molecule has 0 aromatic heterocycles. The van der Waals surface area contributed by atoms with Gasteiger partial charge >= 0.3 is 0 Å². The van der Waals surface area contributed by atoms with Gasteiger partial charge in [0.2, 0.25) is 0 Å². The summed E-state index contributed by atoms with van der Waals surface area (Å²) in [5, 5.41) is 0. The summed E-state index contributed by atoms with van der Waals surface area (Å²) in [7, 11) is 0. The molecule has 1 saturated carbocycles. The SMILES string of the molecule is CC#CCN1CCC2(CCCC2)C1. The molecule has 1 aliphatic carbocycles. The van der Waals surface area contributed by atoms with Gasteiger partial charge in [-0.15, -0.1) is 5.92 Å². The second-order valence-electron chi connectivity index (χ2n) is 4.59. The molecular weight excluding hydrogens is 158 g/mol. The fourth-order valence-corrected chi connectivity index (χ4v) is 2.89. The molecule has 1 heterocycles. The van der Waals surface area contributed by atoms with E-state index >= 15 is 0 Å². The van der Waals surface area contributed by atoms with Crippen LogP contribution in [0.15, 0.2) is 0 Å². The van der Waals surface area contributed by atoms with Crippen molar-refractivity contribution in [1.82, 2.24) is 4.90 Å². The fourth-order valence-electron chi connectivity index (χ4n) is 2.89. The third kappa shape index (κ3) is 1.89. The Balaban J connectivity index is 1.88. The van der Waals surface area contributed by atoms with Crippen LogP contribution in [0.25, 0.3) is 0 Å². The second-order valence-corrected chi connectivity index (χ2v) is 4.59. The molecule has 13 heavy (non-hydrogen) atoms. The molecule has 0 radical (unpaired) electrons. The Morgan fingerprint density at radius 3 is 2.69 bits per heavy atom. The van der Waals surface area contributed by atoms with Crippen LogP contribution < -0.4 is 0 Å². The van der Waals surface area contributed by atoms with Crippen molar-refractivity contribution >= 4 is 0 Å². The van der Waals surface area contributed by atoms with Gasteiger partial charge in [0.15, 0.2) is 0 Å². The molecule has 2 aliphatic rings. The maximum atomic E-state index is 3.17. The van der Waals surface area contributed by atoms with Crippen molar-refractivity contribution in [1.29, 1.82) is 0 Å². The van der Waals surface area contributed by atoms with Crippen LogP contribution in [0.4, 0.5) is 0 Å². The van der Waals surface area contributed by atoms with E-state index in [2.05, 4.69) is 16.7 Å². The van der Waals surface area contributed by atoms with Gasteiger partial charge in [-0.1, -0.05) is 18.8 Å². The van der Waals surface area contributed by atoms with E-state index < -0.39 is 0 Å². The second kappa shape index (κ2) is 3.72. The highest BCUT2D eigenvalue weighted by atomic mass is 15.1. The van der Waals surface area contributed by atoms with Crippen LogP contribution in [0.5, 0.6) is 0 Å². The molecule has 2 fully saturated rings. The monoisotopic (exact) mass is 177 g/mol. The van der Waals surface area contributed by atoms with Gasteiger partial charge in [0, 0.05) is 6.54 Å². The lowest BCUT2D eigenvalue weighted by Crippen LogP contribution is -2.25. The average Bonchev–Trinajstić information content (AvgIpc) is 2.74. The van der Waals surface area contributed by atoms with E-state index in [0.29, 0.717) is 0 Å². The summed E-state index contributed by atoms with van der Waals surface area (Å²) < 4.78 is 0. The molecule has 0 bridgehead atoms. The van der Waals surface area contributed by atoms with E-state index in [1.807, 2.05) is 6.92 Å². The first-order valence-electron chi connectivity index (χ1n) is 5.47. The Hall–Kier alpha value is -0.480. The molecule has 0 aromatic carbocycles. The van der Waals surface area contributed by atoms with Crippen molar-refractivity contribution in [2.75, 3.05) is 19.6 Å². The summed E-state index contributed by atoms with van der Waals surface area (Å²) in [5.41, 5.74) is 0.718. The van der Waals surface area contributed by atoms with Gasteiger partial charge in [0.25, 0.3) is 0 Å². The van der Waals surface area contributed by atoms with E-state index in [4.69, 9.17) is 0 Å². The van der Waals surface area contributed by atoms with Crippen LogP contribution >= 0.6 is 0 Å². The summed E-state index contributed by atoms with van der Waals surface area (Å²) in [4.78, 5) is 2.53. The highest BCUT2D eigenvalue weighted by Gasteiger charge is 2.39. The van der Waals surface area contributed by atoms with Gasteiger partial charge in [-0.25, -0.2) is 0 Å². The smallest absolute Gasteiger partial charge is 0.0601 e. The van der Waals surface area contributed by atoms with Crippen LogP contribution in [0.1, 0.15) is 39.0 Å². The number of likely N-dealkylation sites (tertiary alicyclic amines) is 1. The number of rotatable bonds is 1.